The molecule has 0 atom stereocenters. The summed E-state index contributed by atoms with van der Waals surface area (Å²) in [4.78, 5) is 0. The third kappa shape index (κ3) is 27.2. The van der Waals surface area contributed by atoms with Crippen molar-refractivity contribution in [3.05, 3.63) is 0 Å². The summed E-state index contributed by atoms with van der Waals surface area (Å²) in [6.07, 6.45) is 5.95. The number of hydrogen-bond donors (Lipinski definition) is 0. The van der Waals surface area contributed by atoms with Gasteiger partial charge in [0.25, 0.3) is 0 Å². The van der Waals surface area contributed by atoms with E-state index in [1.807, 2.05) is 0 Å². The minimum absolute atomic E-state index is 0. The molecule has 0 aliphatic heterocycles. The minimum Gasteiger partial charge on any atom is -0.0776 e. The van der Waals surface area contributed by atoms with Crippen molar-refractivity contribution in [2.45, 2.75) is 110 Å². The quantitative estimate of drug-likeness (QED) is 0.447. The molecule has 0 N–H and O–H groups in total. The average Bonchev–Trinajstić information content (AvgIpc) is 2.27. The van der Waals surface area contributed by atoms with Crippen LogP contribution in [0.2, 0.25) is 0 Å². The van der Waals surface area contributed by atoms with Gasteiger partial charge in [0.2, 0.25) is 0 Å². The molecule has 0 bridgehead atoms. The third-order valence-corrected chi connectivity index (χ3v) is 3.70. The topological polar surface area (TPSA) is 0 Å². The lowest BCUT2D eigenvalue weighted by molar-refractivity contribution is 0.189. The van der Waals surface area contributed by atoms with Crippen LogP contribution in [0.4, 0.5) is 0 Å². The van der Waals surface area contributed by atoms with E-state index >= 15 is 0 Å². The summed E-state index contributed by atoms with van der Waals surface area (Å²) in [6, 6.07) is 0. The maximum absolute atomic E-state index is 2.38. The zero-order chi connectivity index (χ0) is 16.3. The van der Waals surface area contributed by atoms with Gasteiger partial charge in [0.1, 0.15) is 0 Å². The van der Waals surface area contributed by atoms with Crippen molar-refractivity contribution in [2.75, 3.05) is 0 Å². The summed E-state index contributed by atoms with van der Waals surface area (Å²) < 4.78 is 0. The van der Waals surface area contributed by atoms with Crippen LogP contribution in [-0.4, -0.2) is 8.41 Å². The van der Waals surface area contributed by atoms with Crippen molar-refractivity contribution < 1.29 is 0 Å². The Morgan fingerprint density at radius 2 is 0.609 bits per heavy atom. The first kappa shape index (κ1) is 34.4. The van der Waals surface area contributed by atoms with Crippen LogP contribution in [0.25, 0.3) is 0 Å². The minimum atomic E-state index is 0. The fourth-order valence-corrected chi connectivity index (χ4v) is 2.48. The van der Waals surface area contributed by atoms with Crippen LogP contribution in [0.15, 0.2) is 0 Å². The first-order valence-electron chi connectivity index (χ1n) is 9.07. The van der Waals surface area contributed by atoms with Crippen LogP contribution in [0.5, 0.6) is 0 Å². The molecule has 0 amide bonds. The Bertz CT molecular complexity index is 159. The van der Waals surface area contributed by atoms with Crippen molar-refractivity contribution in [3.8, 4) is 0 Å². The highest BCUT2D eigenvalue weighted by atomic mass is 14.3. The Hall–Kier alpha value is 0.0649. The number of rotatable bonds is 2. The van der Waals surface area contributed by atoms with Gasteiger partial charge in [0.15, 0.2) is 0 Å². The second-order valence-electron chi connectivity index (χ2n) is 8.63. The van der Waals surface area contributed by atoms with Gasteiger partial charge < -0.3 is 0 Å². The van der Waals surface area contributed by atoms with Crippen molar-refractivity contribution >= 4 is 8.41 Å². The Morgan fingerprint density at radius 3 is 0.696 bits per heavy atom. The fourth-order valence-electron chi connectivity index (χ4n) is 2.48. The van der Waals surface area contributed by atoms with Gasteiger partial charge >= 0.3 is 0 Å². The van der Waals surface area contributed by atoms with Gasteiger partial charge in [-0.1, -0.05) is 84.1 Å². The van der Waals surface area contributed by atoms with Crippen LogP contribution in [-0.2, 0) is 0 Å². The monoisotopic (exact) mass is 327 g/mol. The maximum atomic E-state index is 2.38. The predicted octanol–water partition coefficient (Wildman–Crippen LogP) is 8.32. The highest BCUT2D eigenvalue weighted by Gasteiger charge is 2.24. The molecular formula is C22H52B. The average molecular weight is 327 g/mol. The molecule has 0 nitrogen and oxygen atoms in total. The highest BCUT2D eigenvalue weighted by molar-refractivity contribution is 5.75. The van der Waals surface area contributed by atoms with E-state index in [4.69, 9.17) is 0 Å². The standard InChI is InChI=1S/C12H24.2C4H10.2CH4.B/c1-9(2)11-5-7-12(8-6-11)10(3)4;2*1-4(2)3;;;/h9-12H,5-8H2,1-4H3;2*4H,1-3H3;2*1H4;. The van der Waals surface area contributed by atoms with Crippen molar-refractivity contribution in [3.63, 3.8) is 0 Å². The lowest BCUT2D eigenvalue weighted by Gasteiger charge is -2.32. The normalized spacial score (nSPS) is 19.6. The molecule has 1 aliphatic carbocycles. The van der Waals surface area contributed by atoms with Crippen LogP contribution in [0.3, 0.4) is 0 Å². The molecule has 1 fully saturated rings. The Balaban J connectivity index is -0.0000000844. The second-order valence-corrected chi connectivity index (χ2v) is 8.63. The van der Waals surface area contributed by atoms with Gasteiger partial charge in [-0.15, -0.1) is 0 Å². The first-order valence-corrected chi connectivity index (χ1v) is 9.07. The lowest BCUT2D eigenvalue weighted by Crippen LogP contribution is -2.21. The molecule has 0 heterocycles. The van der Waals surface area contributed by atoms with E-state index in [0.29, 0.717) is 0 Å². The largest absolute Gasteiger partial charge is 0.0776 e. The number of hydrogen-bond acceptors (Lipinski definition) is 0. The van der Waals surface area contributed by atoms with E-state index < -0.39 is 0 Å². The van der Waals surface area contributed by atoms with E-state index in [1.165, 1.54) is 25.7 Å². The Morgan fingerprint density at radius 1 is 0.478 bits per heavy atom. The molecule has 0 aromatic carbocycles. The van der Waals surface area contributed by atoms with E-state index in [-0.39, 0.29) is 23.3 Å². The summed E-state index contributed by atoms with van der Waals surface area (Å²) in [6.45, 7) is 22.5. The summed E-state index contributed by atoms with van der Waals surface area (Å²) in [5, 5.41) is 0. The molecule has 3 radical (unpaired) electrons. The van der Waals surface area contributed by atoms with Gasteiger partial charge in [-0.3, -0.25) is 0 Å². The third-order valence-electron chi connectivity index (χ3n) is 3.70. The zero-order valence-corrected chi connectivity index (χ0v) is 16.9. The smallest absolute Gasteiger partial charge is 0 e. The Labute approximate surface area is 154 Å². The molecule has 0 aromatic heterocycles. The lowest BCUT2D eigenvalue weighted by atomic mass is 9.73. The Kier molecular flexibility index (Phi) is 30.1. The van der Waals surface area contributed by atoms with Crippen molar-refractivity contribution in [2.24, 2.45) is 35.5 Å². The second kappa shape index (κ2) is 20.1. The zero-order valence-electron chi connectivity index (χ0n) is 16.9. The molecule has 143 valence electrons. The summed E-state index contributed by atoms with van der Waals surface area (Å²) in [5.41, 5.74) is 0. The molecule has 1 rings (SSSR count). The van der Waals surface area contributed by atoms with E-state index in [9.17, 15) is 0 Å². The van der Waals surface area contributed by atoms with Crippen LogP contribution in [0, 0.1) is 35.5 Å². The summed E-state index contributed by atoms with van der Waals surface area (Å²) >= 11 is 0. The summed E-state index contributed by atoms with van der Waals surface area (Å²) in [5.74, 6) is 5.55. The van der Waals surface area contributed by atoms with Gasteiger partial charge in [-0.05, 0) is 61.2 Å². The molecular weight excluding hydrogens is 275 g/mol. The molecule has 0 spiro atoms. The first-order chi connectivity index (χ1) is 9.07. The van der Waals surface area contributed by atoms with Crippen LogP contribution >= 0.6 is 0 Å². The molecule has 1 saturated carbocycles. The maximum Gasteiger partial charge on any atom is 0 e. The van der Waals surface area contributed by atoms with E-state index in [0.717, 1.165) is 35.5 Å². The van der Waals surface area contributed by atoms with E-state index in [2.05, 4.69) is 69.2 Å². The predicted molar refractivity (Wildman–Crippen MR) is 115 cm³/mol. The highest BCUT2D eigenvalue weighted by Crippen LogP contribution is 2.36. The molecule has 1 heteroatoms. The van der Waals surface area contributed by atoms with Crippen molar-refractivity contribution in [1.82, 2.24) is 0 Å². The molecule has 1 aliphatic rings. The van der Waals surface area contributed by atoms with Crippen molar-refractivity contribution in [1.29, 1.82) is 0 Å². The molecule has 23 heavy (non-hydrogen) atoms. The molecule has 0 saturated heterocycles. The summed E-state index contributed by atoms with van der Waals surface area (Å²) in [7, 11) is 0. The van der Waals surface area contributed by atoms with Crippen LogP contribution < -0.4 is 0 Å². The van der Waals surface area contributed by atoms with Gasteiger partial charge in [0.05, 0.1) is 0 Å². The van der Waals surface area contributed by atoms with Gasteiger partial charge in [-0.2, -0.15) is 0 Å². The SMILES string of the molecule is C.C.CC(C)C.CC(C)C.CC(C)C1CCC(C(C)C)CC1.[B]. The van der Waals surface area contributed by atoms with Gasteiger partial charge in [0, 0.05) is 8.41 Å². The van der Waals surface area contributed by atoms with E-state index in [1.54, 1.807) is 0 Å². The molecule has 0 aromatic rings. The molecule has 0 unspecified atom stereocenters. The fraction of sp³-hybridized carbons (Fsp3) is 1.00. The van der Waals surface area contributed by atoms with Gasteiger partial charge in [-0.25, -0.2) is 0 Å². The van der Waals surface area contributed by atoms with Crippen LogP contribution in [0.1, 0.15) is 110 Å².